The van der Waals surface area contributed by atoms with Gasteiger partial charge < -0.3 is 10.1 Å². The van der Waals surface area contributed by atoms with Crippen LogP contribution < -0.4 is 10.1 Å². The molecule has 0 aliphatic rings. The van der Waals surface area contributed by atoms with Crippen LogP contribution in [0, 0.1) is 11.7 Å². The van der Waals surface area contributed by atoms with Gasteiger partial charge in [0.1, 0.15) is 23.2 Å². The van der Waals surface area contributed by atoms with Crippen LogP contribution in [0.4, 0.5) is 4.39 Å². The summed E-state index contributed by atoms with van der Waals surface area (Å²) < 4.78 is 19.1. The molecule has 1 aromatic carbocycles. The molecule has 2 aromatic rings. The highest BCUT2D eigenvalue weighted by atomic mass is 32.1. The van der Waals surface area contributed by atoms with E-state index in [1.165, 1.54) is 12.1 Å². The molecule has 0 aliphatic heterocycles. The Balaban J connectivity index is 1.99. The highest BCUT2D eigenvalue weighted by Gasteiger charge is 2.07. The first-order valence-electron chi connectivity index (χ1n) is 6.65. The summed E-state index contributed by atoms with van der Waals surface area (Å²) in [6.45, 7) is 6.18. The van der Waals surface area contributed by atoms with Gasteiger partial charge in [-0.1, -0.05) is 13.8 Å². The summed E-state index contributed by atoms with van der Waals surface area (Å²) in [6, 6.07) is 4.61. The van der Waals surface area contributed by atoms with Crippen molar-refractivity contribution >= 4 is 11.3 Å². The Labute approximate surface area is 122 Å². The molecule has 0 atom stereocenters. The van der Waals surface area contributed by atoms with Gasteiger partial charge in [0.15, 0.2) is 0 Å². The van der Waals surface area contributed by atoms with E-state index < -0.39 is 0 Å². The van der Waals surface area contributed by atoms with E-state index in [9.17, 15) is 4.39 Å². The second-order valence-corrected chi connectivity index (χ2v) is 5.97. The number of hydrogen-bond donors (Lipinski definition) is 1. The summed E-state index contributed by atoms with van der Waals surface area (Å²) in [7, 11) is 0. The van der Waals surface area contributed by atoms with Crippen molar-refractivity contribution in [3.05, 3.63) is 46.2 Å². The number of benzene rings is 1. The van der Waals surface area contributed by atoms with E-state index in [0.29, 0.717) is 24.8 Å². The van der Waals surface area contributed by atoms with Gasteiger partial charge in [0, 0.05) is 23.7 Å². The monoisotopic (exact) mass is 294 g/mol. The summed E-state index contributed by atoms with van der Waals surface area (Å²) >= 11 is 1.55. The van der Waals surface area contributed by atoms with Crippen LogP contribution in [0.5, 0.6) is 5.75 Å². The van der Waals surface area contributed by atoms with Crippen LogP contribution in [-0.2, 0) is 13.2 Å². The zero-order valence-electron chi connectivity index (χ0n) is 11.7. The number of nitrogens with one attached hydrogen (secondary N) is 1. The largest absolute Gasteiger partial charge is 0.486 e. The van der Waals surface area contributed by atoms with Crippen LogP contribution in [0.15, 0.2) is 29.8 Å². The molecule has 108 valence electrons. The summed E-state index contributed by atoms with van der Waals surface area (Å²) in [6.07, 6.45) is 1.75. The van der Waals surface area contributed by atoms with Crippen molar-refractivity contribution in [1.82, 2.24) is 10.3 Å². The molecule has 0 spiro atoms. The maximum atomic E-state index is 13.4. The lowest BCUT2D eigenvalue weighted by molar-refractivity contribution is 0.300. The van der Waals surface area contributed by atoms with Crippen molar-refractivity contribution in [1.29, 1.82) is 0 Å². The van der Waals surface area contributed by atoms with Crippen molar-refractivity contribution in [2.75, 3.05) is 6.54 Å². The predicted molar refractivity (Wildman–Crippen MR) is 79.4 cm³/mol. The van der Waals surface area contributed by atoms with Crippen LogP contribution in [0.25, 0.3) is 0 Å². The third kappa shape index (κ3) is 4.58. The van der Waals surface area contributed by atoms with Gasteiger partial charge in [0.05, 0.1) is 0 Å². The van der Waals surface area contributed by atoms with Crippen molar-refractivity contribution < 1.29 is 9.13 Å². The smallest absolute Gasteiger partial charge is 0.140 e. The summed E-state index contributed by atoms with van der Waals surface area (Å²) in [4.78, 5) is 4.17. The second-order valence-electron chi connectivity index (χ2n) is 4.99. The number of hydrogen-bond acceptors (Lipinski definition) is 4. The van der Waals surface area contributed by atoms with E-state index in [2.05, 4.69) is 24.1 Å². The van der Waals surface area contributed by atoms with Crippen LogP contribution in [0.1, 0.15) is 24.4 Å². The third-order valence-electron chi connectivity index (χ3n) is 2.73. The first-order valence-corrected chi connectivity index (χ1v) is 7.53. The molecule has 1 heterocycles. The molecule has 3 nitrogen and oxygen atoms in total. The third-order valence-corrected chi connectivity index (χ3v) is 3.48. The highest BCUT2D eigenvalue weighted by molar-refractivity contribution is 7.09. The number of rotatable bonds is 7. The van der Waals surface area contributed by atoms with Crippen molar-refractivity contribution in [2.45, 2.75) is 27.0 Å². The number of ether oxygens (including phenoxy) is 1. The molecule has 0 saturated heterocycles. The van der Waals surface area contributed by atoms with E-state index in [4.69, 9.17) is 4.74 Å². The van der Waals surface area contributed by atoms with E-state index in [0.717, 1.165) is 17.1 Å². The number of nitrogens with zero attached hydrogens (tertiary/aromatic N) is 1. The van der Waals surface area contributed by atoms with Gasteiger partial charge >= 0.3 is 0 Å². The maximum absolute atomic E-state index is 13.4. The molecule has 0 unspecified atom stereocenters. The van der Waals surface area contributed by atoms with E-state index in [1.807, 2.05) is 5.38 Å². The molecule has 1 aromatic heterocycles. The number of halogens is 1. The minimum absolute atomic E-state index is 0.243. The van der Waals surface area contributed by atoms with Crippen LogP contribution >= 0.6 is 11.3 Å². The van der Waals surface area contributed by atoms with E-state index in [1.54, 1.807) is 23.6 Å². The number of thiazole rings is 1. The van der Waals surface area contributed by atoms with Gasteiger partial charge in [-0.05, 0) is 30.7 Å². The zero-order chi connectivity index (χ0) is 14.4. The molecule has 0 radical (unpaired) electrons. The Hall–Kier alpha value is -1.46. The van der Waals surface area contributed by atoms with Gasteiger partial charge in [-0.3, -0.25) is 0 Å². The van der Waals surface area contributed by atoms with Gasteiger partial charge in [-0.25, -0.2) is 9.37 Å². The molecular formula is C15H19FN2OS. The predicted octanol–water partition coefficient (Wildman–Crippen LogP) is 3.61. The topological polar surface area (TPSA) is 34.1 Å². The maximum Gasteiger partial charge on any atom is 0.140 e. The molecular weight excluding hydrogens is 275 g/mol. The molecule has 0 fully saturated rings. The summed E-state index contributed by atoms with van der Waals surface area (Å²) in [5.74, 6) is 1.02. The lowest BCUT2D eigenvalue weighted by Gasteiger charge is -2.12. The van der Waals surface area contributed by atoms with Gasteiger partial charge in [-0.2, -0.15) is 0 Å². The minimum atomic E-state index is -0.243. The van der Waals surface area contributed by atoms with Crippen molar-refractivity contribution in [3.8, 4) is 5.75 Å². The Bertz CT molecular complexity index is 529. The van der Waals surface area contributed by atoms with Gasteiger partial charge in [-0.15, -0.1) is 11.3 Å². The highest BCUT2D eigenvalue weighted by Crippen LogP contribution is 2.21. The molecule has 20 heavy (non-hydrogen) atoms. The summed E-state index contributed by atoms with van der Waals surface area (Å²) in [5.41, 5.74) is 0.835. The average molecular weight is 294 g/mol. The lowest BCUT2D eigenvalue weighted by Crippen LogP contribution is -2.19. The minimum Gasteiger partial charge on any atom is -0.486 e. The van der Waals surface area contributed by atoms with E-state index in [-0.39, 0.29) is 5.82 Å². The van der Waals surface area contributed by atoms with Crippen molar-refractivity contribution in [3.63, 3.8) is 0 Å². The first kappa shape index (κ1) is 14.9. The molecule has 0 bridgehead atoms. The zero-order valence-corrected chi connectivity index (χ0v) is 12.5. The van der Waals surface area contributed by atoms with E-state index >= 15 is 0 Å². The Morgan fingerprint density at radius 3 is 2.95 bits per heavy atom. The molecule has 5 heteroatoms. The Kier molecular flexibility index (Phi) is 5.49. The SMILES string of the molecule is CC(C)CNCc1cc(F)ccc1OCc1nccs1. The average Bonchev–Trinajstić information content (AvgIpc) is 2.90. The summed E-state index contributed by atoms with van der Waals surface area (Å²) in [5, 5.41) is 6.13. The van der Waals surface area contributed by atoms with Gasteiger partial charge in [0.25, 0.3) is 0 Å². The van der Waals surface area contributed by atoms with Gasteiger partial charge in [0.2, 0.25) is 0 Å². The molecule has 1 N–H and O–H groups in total. The normalized spacial score (nSPS) is 11.0. The first-order chi connectivity index (χ1) is 9.65. The molecule has 0 amide bonds. The van der Waals surface area contributed by atoms with Crippen LogP contribution in [-0.4, -0.2) is 11.5 Å². The van der Waals surface area contributed by atoms with Crippen molar-refractivity contribution in [2.24, 2.45) is 5.92 Å². The van der Waals surface area contributed by atoms with Crippen LogP contribution in [0.2, 0.25) is 0 Å². The Morgan fingerprint density at radius 1 is 1.40 bits per heavy atom. The second kappa shape index (κ2) is 7.36. The fourth-order valence-electron chi connectivity index (χ4n) is 1.79. The standard InChI is InChI=1S/C15H19FN2OS/c1-11(2)8-17-9-12-7-13(16)3-4-14(12)19-10-15-18-5-6-20-15/h3-7,11,17H,8-10H2,1-2H3. The molecule has 0 aliphatic carbocycles. The fraction of sp³-hybridized carbons (Fsp3) is 0.400. The van der Waals surface area contributed by atoms with Crippen LogP contribution in [0.3, 0.4) is 0 Å². The number of aromatic nitrogens is 1. The quantitative estimate of drug-likeness (QED) is 0.847. The lowest BCUT2D eigenvalue weighted by atomic mass is 10.1. The molecule has 0 saturated carbocycles. The fourth-order valence-corrected chi connectivity index (χ4v) is 2.31. The molecule has 2 rings (SSSR count). The Morgan fingerprint density at radius 2 is 2.25 bits per heavy atom.